The third-order valence-corrected chi connectivity index (χ3v) is 6.02. The van der Waals surface area contributed by atoms with Crippen LogP contribution in [0.3, 0.4) is 0 Å². The van der Waals surface area contributed by atoms with Crippen LogP contribution in [0.2, 0.25) is 0 Å². The maximum atomic E-state index is 11.5. The summed E-state index contributed by atoms with van der Waals surface area (Å²) in [6, 6.07) is 7.56. The van der Waals surface area contributed by atoms with E-state index in [-0.39, 0.29) is 11.4 Å². The molecule has 2 atom stereocenters. The predicted octanol–water partition coefficient (Wildman–Crippen LogP) is 4.24. The van der Waals surface area contributed by atoms with Gasteiger partial charge in [-0.05, 0) is 75.4 Å². The molecule has 0 bridgehead atoms. The summed E-state index contributed by atoms with van der Waals surface area (Å²) in [4.78, 5) is 18.2. The number of hydrogen-bond donors (Lipinski definition) is 0. The number of carbonyl (C=O) groups is 1. The zero-order valence-corrected chi connectivity index (χ0v) is 16.4. The van der Waals surface area contributed by atoms with E-state index in [0.29, 0.717) is 6.04 Å². The number of amides is 1. The van der Waals surface area contributed by atoms with E-state index in [9.17, 15) is 4.79 Å². The summed E-state index contributed by atoms with van der Waals surface area (Å²) >= 11 is 5.68. The smallest absolute Gasteiger partial charge is 0.316 e. The third-order valence-electron chi connectivity index (χ3n) is 5.80. The topological polar surface area (TPSA) is 26.8 Å². The average Bonchev–Trinajstić information content (AvgIpc) is 3.10. The number of anilines is 1. The van der Waals surface area contributed by atoms with E-state index in [2.05, 4.69) is 48.9 Å². The number of nitrogens with zero attached hydrogens (tertiary/aromatic N) is 3. The molecule has 2 aliphatic rings. The number of piperidine rings is 1. The number of rotatable bonds is 4. The Kier molecular flexibility index (Phi) is 5.90. The normalized spacial score (nSPS) is 24.2. The van der Waals surface area contributed by atoms with Gasteiger partial charge in [0.15, 0.2) is 0 Å². The second kappa shape index (κ2) is 7.96. The van der Waals surface area contributed by atoms with Gasteiger partial charge in [0.2, 0.25) is 0 Å². The van der Waals surface area contributed by atoms with Crippen LogP contribution >= 0.6 is 11.6 Å². The molecule has 1 aromatic rings. The molecule has 2 saturated heterocycles. The van der Waals surface area contributed by atoms with E-state index < -0.39 is 0 Å². The summed E-state index contributed by atoms with van der Waals surface area (Å²) in [5.74, 6) is 0. The Morgan fingerprint density at radius 3 is 2.64 bits per heavy atom. The van der Waals surface area contributed by atoms with E-state index >= 15 is 0 Å². The molecule has 0 aromatic heterocycles. The van der Waals surface area contributed by atoms with Gasteiger partial charge >= 0.3 is 5.37 Å². The Labute approximate surface area is 156 Å². The van der Waals surface area contributed by atoms with Gasteiger partial charge in [-0.15, -0.1) is 0 Å². The van der Waals surface area contributed by atoms with Crippen molar-refractivity contribution in [3.63, 3.8) is 0 Å². The lowest BCUT2D eigenvalue weighted by Crippen LogP contribution is -2.48. The second-order valence-electron chi connectivity index (χ2n) is 7.72. The van der Waals surface area contributed by atoms with Crippen molar-refractivity contribution in [1.82, 2.24) is 9.80 Å². The Hall–Kier alpha value is -1.26. The van der Waals surface area contributed by atoms with Crippen LogP contribution < -0.4 is 4.90 Å². The predicted molar refractivity (Wildman–Crippen MR) is 105 cm³/mol. The molecule has 0 spiro atoms. The molecular formula is C20H30ClN3O. The lowest BCUT2D eigenvalue weighted by Gasteiger charge is -2.40. The van der Waals surface area contributed by atoms with Gasteiger partial charge in [-0.1, -0.05) is 12.1 Å². The molecule has 1 aromatic carbocycles. The molecule has 0 N–H and O–H groups in total. The Morgan fingerprint density at radius 1 is 1.28 bits per heavy atom. The number of halogens is 1. The number of carbonyl (C=O) groups excluding carboxylic acids is 1. The monoisotopic (exact) mass is 363 g/mol. The Bertz CT molecular complexity index is 615. The fourth-order valence-corrected chi connectivity index (χ4v) is 4.52. The summed E-state index contributed by atoms with van der Waals surface area (Å²) in [5.41, 5.74) is 4.15. The second-order valence-corrected chi connectivity index (χ2v) is 8.04. The van der Waals surface area contributed by atoms with Gasteiger partial charge < -0.3 is 9.80 Å². The summed E-state index contributed by atoms with van der Waals surface area (Å²) in [6.07, 6.45) is 4.57. The highest BCUT2D eigenvalue weighted by atomic mass is 35.5. The average molecular weight is 364 g/mol. The van der Waals surface area contributed by atoms with Gasteiger partial charge in [-0.2, -0.15) is 0 Å². The fraction of sp³-hybridized carbons (Fsp3) is 0.650. The molecular weight excluding hydrogens is 334 g/mol. The van der Waals surface area contributed by atoms with Crippen LogP contribution in [0.25, 0.3) is 0 Å². The largest absolute Gasteiger partial charge is 0.371 e. The molecule has 138 valence electrons. The number of benzene rings is 1. The van der Waals surface area contributed by atoms with Crippen LogP contribution in [0.15, 0.2) is 18.2 Å². The zero-order valence-electron chi connectivity index (χ0n) is 15.7. The molecule has 4 nitrogen and oxygen atoms in total. The van der Waals surface area contributed by atoms with Crippen LogP contribution in [0.1, 0.15) is 43.7 Å². The molecule has 0 aliphatic carbocycles. The minimum absolute atomic E-state index is 0.210. The first-order valence-electron chi connectivity index (χ1n) is 9.46. The third kappa shape index (κ3) is 4.29. The first-order chi connectivity index (χ1) is 12.0. The van der Waals surface area contributed by atoms with Crippen molar-refractivity contribution in [3.05, 3.63) is 29.3 Å². The van der Waals surface area contributed by atoms with Crippen LogP contribution in [-0.4, -0.2) is 53.9 Å². The maximum Gasteiger partial charge on any atom is 0.316 e. The van der Waals surface area contributed by atoms with Crippen molar-refractivity contribution in [2.75, 3.05) is 31.6 Å². The van der Waals surface area contributed by atoms with Gasteiger partial charge in [0.05, 0.1) is 0 Å². The molecule has 3 rings (SSSR count). The molecule has 1 amide bonds. The van der Waals surface area contributed by atoms with E-state index in [0.717, 1.165) is 25.9 Å². The molecule has 2 fully saturated rings. The van der Waals surface area contributed by atoms with Crippen molar-refractivity contribution in [2.24, 2.45) is 0 Å². The van der Waals surface area contributed by atoms with Crippen LogP contribution in [0.4, 0.5) is 10.5 Å². The van der Waals surface area contributed by atoms with Crippen molar-refractivity contribution in [1.29, 1.82) is 0 Å². The van der Waals surface area contributed by atoms with Crippen LogP contribution in [0, 0.1) is 6.92 Å². The number of aryl methyl sites for hydroxylation is 1. The highest BCUT2D eigenvalue weighted by Gasteiger charge is 2.30. The van der Waals surface area contributed by atoms with Gasteiger partial charge in [0, 0.05) is 44.0 Å². The molecule has 25 heavy (non-hydrogen) atoms. The molecule has 2 heterocycles. The van der Waals surface area contributed by atoms with Crippen LogP contribution in [0.5, 0.6) is 0 Å². The van der Waals surface area contributed by atoms with E-state index in [1.54, 1.807) is 4.90 Å². The maximum absolute atomic E-state index is 11.5. The molecule has 1 unspecified atom stereocenters. The zero-order chi connectivity index (χ0) is 18.0. The van der Waals surface area contributed by atoms with Crippen molar-refractivity contribution < 1.29 is 4.79 Å². The standard InChI is InChI=1S/C20H30ClN3O/c1-15-6-7-17(19(12-15)23-9-4-5-10-23)14-22(3)18-8-11-24(20(21)25)16(2)13-18/h6-7,12,16,18H,4-5,8-11,13-14H2,1-3H3/t16-,18?/m0/s1. The minimum Gasteiger partial charge on any atom is -0.371 e. The van der Waals surface area contributed by atoms with Crippen molar-refractivity contribution in [3.8, 4) is 0 Å². The van der Waals surface area contributed by atoms with Crippen LogP contribution in [-0.2, 0) is 6.54 Å². The highest BCUT2D eigenvalue weighted by Crippen LogP contribution is 2.29. The van der Waals surface area contributed by atoms with Gasteiger partial charge in [-0.25, -0.2) is 0 Å². The van der Waals surface area contributed by atoms with E-state index in [1.807, 2.05) is 0 Å². The van der Waals surface area contributed by atoms with E-state index in [1.165, 1.54) is 42.7 Å². The highest BCUT2D eigenvalue weighted by molar-refractivity contribution is 6.62. The molecule has 0 saturated carbocycles. The summed E-state index contributed by atoms with van der Waals surface area (Å²) in [7, 11) is 2.21. The van der Waals surface area contributed by atoms with Crippen molar-refractivity contribution in [2.45, 2.75) is 58.2 Å². The fourth-order valence-electron chi connectivity index (χ4n) is 4.27. The van der Waals surface area contributed by atoms with Gasteiger partial charge in [0.25, 0.3) is 0 Å². The SMILES string of the molecule is Cc1ccc(CN(C)C2CCN(C(=O)Cl)[C@@H](C)C2)c(N2CCCC2)c1. The first kappa shape index (κ1) is 18.5. The Balaban J connectivity index is 1.69. The van der Waals surface area contributed by atoms with Gasteiger partial charge in [-0.3, -0.25) is 9.69 Å². The molecule has 0 radical (unpaired) electrons. The molecule has 2 aliphatic heterocycles. The number of likely N-dealkylation sites (tertiary alicyclic amines) is 1. The number of hydrogen-bond acceptors (Lipinski definition) is 3. The minimum atomic E-state index is -0.316. The van der Waals surface area contributed by atoms with E-state index in [4.69, 9.17) is 11.6 Å². The summed E-state index contributed by atoms with van der Waals surface area (Å²) in [6.45, 7) is 8.33. The summed E-state index contributed by atoms with van der Waals surface area (Å²) in [5, 5.41) is -0.316. The lowest BCUT2D eigenvalue weighted by molar-refractivity contribution is 0.108. The first-order valence-corrected chi connectivity index (χ1v) is 9.84. The summed E-state index contributed by atoms with van der Waals surface area (Å²) < 4.78 is 0. The van der Waals surface area contributed by atoms with Crippen molar-refractivity contribution >= 4 is 22.7 Å². The lowest BCUT2D eigenvalue weighted by atomic mass is 9.97. The quantitative estimate of drug-likeness (QED) is 0.591. The molecule has 5 heteroatoms. The Morgan fingerprint density at radius 2 is 2.00 bits per heavy atom. The van der Waals surface area contributed by atoms with Gasteiger partial charge in [0.1, 0.15) is 0 Å².